The van der Waals surface area contributed by atoms with Crippen LogP contribution in [0.25, 0.3) is 6.08 Å². The van der Waals surface area contributed by atoms with Gasteiger partial charge < -0.3 is 9.47 Å². The van der Waals surface area contributed by atoms with Crippen molar-refractivity contribution in [1.29, 1.82) is 0 Å². The van der Waals surface area contributed by atoms with Crippen LogP contribution in [-0.4, -0.2) is 11.8 Å². The summed E-state index contributed by atoms with van der Waals surface area (Å²) in [6, 6.07) is 15.4. The quantitative estimate of drug-likeness (QED) is 0.373. The number of hydrogen-bond donors (Lipinski definition) is 0. The third-order valence-electron chi connectivity index (χ3n) is 4.09. The van der Waals surface area contributed by atoms with Gasteiger partial charge >= 0.3 is 5.97 Å². The molecule has 3 aromatic rings. The van der Waals surface area contributed by atoms with Crippen molar-refractivity contribution >= 4 is 17.8 Å². The third-order valence-corrected chi connectivity index (χ3v) is 4.09. The van der Waals surface area contributed by atoms with Gasteiger partial charge in [0.05, 0.1) is 11.1 Å². The lowest BCUT2D eigenvalue weighted by Gasteiger charge is -2.06. The molecule has 6 heteroatoms. The first-order chi connectivity index (χ1) is 13.5. The highest BCUT2D eigenvalue weighted by Crippen LogP contribution is 2.35. The van der Waals surface area contributed by atoms with Crippen LogP contribution in [-0.2, 0) is 0 Å². The van der Waals surface area contributed by atoms with Crippen molar-refractivity contribution in [2.24, 2.45) is 0 Å². The van der Waals surface area contributed by atoms with Crippen molar-refractivity contribution in [3.8, 4) is 11.5 Å². The summed E-state index contributed by atoms with van der Waals surface area (Å²) in [6.07, 6.45) is 1.43. The fraction of sp³-hybridized carbons (Fsp3) is 0. The molecule has 4 rings (SSSR count). The normalized spacial score (nSPS) is 13.9. The minimum absolute atomic E-state index is 0.0261. The summed E-state index contributed by atoms with van der Waals surface area (Å²) in [5, 5.41) is 0. The number of rotatable bonds is 3. The molecule has 0 saturated carbocycles. The average Bonchev–Trinajstić information content (AvgIpc) is 2.97. The predicted octanol–water partition coefficient (Wildman–Crippen LogP) is 4.80. The smallest absolute Gasteiger partial charge is 0.346 e. The molecule has 0 unspecified atom stereocenters. The number of ketones is 1. The first-order valence-corrected chi connectivity index (χ1v) is 8.32. The summed E-state index contributed by atoms with van der Waals surface area (Å²) in [5.74, 6) is -2.03. The topological polar surface area (TPSA) is 52.6 Å². The monoisotopic (exact) mass is 378 g/mol. The number of carbonyl (C=O) groups excluding carboxylic acids is 2. The molecular weight excluding hydrogens is 366 g/mol. The van der Waals surface area contributed by atoms with E-state index in [9.17, 15) is 18.4 Å². The molecule has 0 bridgehead atoms. The molecule has 0 spiro atoms. The minimum Gasteiger partial charge on any atom is -0.452 e. The minimum atomic E-state index is -0.863. The highest BCUT2D eigenvalue weighted by molar-refractivity contribution is 6.14. The average molecular weight is 378 g/mol. The van der Waals surface area contributed by atoms with Crippen LogP contribution in [0.3, 0.4) is 0 Å². The van der Waals surface area contributed by atoms with E-state index in [0.29, 0.717) is 5.56 Å². The molecule has 28 heavy (non-hydrogen) atoms. The first-order valence-electron chi connectivity index (χ1n) is 8.32. The fourth-order valence-corrected chi connectivity index (χ4v) is 2.77. The zero-order valence-corrected chi connectivity index (χ0v) is 14.3. The van der Waals surface area contributed by atoms with Gasteiger partial charge in [0, 0.05) is 6.07 Å². The summed E-state index contributed by atoms with van der Waals surface area (Å²) in [5.41, 5.74) is 0.558. The fourth-order valence-electron chi connectivity index (χ4n) is 2.77. The number of esters is 1. The lowest BCUT2D eigenvalue weighted by molar-refractivity contribution is 0.0729. The van der Waals surface area contributed by atoms with Gasteiger partial charge in [0.15, 0.2) is 5.76 Å². The number of Topliss-reactive ketones (excluding diaryl/α,β-unsaturated/α-hetero) is 1. The molecule has 3 aromatic carbocycles. The van der Waals surface area contributed by atoms with Crippen LogP contribution < -0.4 is 9.47 Å². The number of ether oxygens (including phenoxy) is 2. The molecule has 0 N–H and O–H groups in total. The Labute approximate surface area is 158 Å². The Hall–Kier alpha value is -3.80. The summed E-state index contributed by atoms with van der Waals surface area (Å²) < 4.78 is 37.7. The van der Waals surface area contributed by atoms with E-state index in [1.54, 1.807) is 6.07 Å². The molecule has 0 radical (unpaired) electrons. The zero-order valence-electron chi connectivity index (χ0n) is 14.3. The Balaban J connectivity index is 1.57. The zero-order chi connectivity index (χ0) is 19.7. The maximum absolute atomic E-state index is 13.7. The molecule has 0 saturated heterocycles. The molecule has 0 aromatic heterocycles. The number of halogens is 2. The van der Waals surface area contributed by atoms with Crippen LogP contribution >= 0.6 is 0 Å². The number of benzene rings is 3. The highest BCUT2D eigenvalue weighted by Gasteiger charge is 2.28. The van der Waals surface area contributed by atoms with Crippen molar-refractivity contribution in [2.45, 2.75) is 0 Å². The van der Waals surface area contributed by atoms with Crippen molar-refractivity contribution in [3.05, 3.63) is 101 Å². The highest BCUT2D eigenvalue weighted by atomic mass is 19.1. The van der Waals surface area contributed by atoms with E-state index in [-0.39, 0.29) is 34.2 Å². The van der Waals surface area contributed by atoms with E-state index in [1.807, 2.05) is 0 Å². The molecule has 0 aliphatic carbocycles. The second-order valence-corrected chi connectivity index (χ2v) is 6.02. The van der Waals surface area contributed by atoms with E-state index in [2.05, 4.69) is 0 Å². The molecule has 138 valence electrons. The Morgan fingerprint density at radius 3 is 2.57 bits per heavy atom. The molecule has 0 atom stereocenters. The van der Waals surface area contributed by atoms with E-state index in [1.165, 1.54) is 60.7 Å². The predicted molar refractivity (Wildman–Crippen MR) is 97.1 cm³/mol. The van der Waals surface area contributed by atoms with Gasteiger partial charge in [0.25, 0.3) is 0 Å². The van der Waals surface area contributed by atoms with Crippen LogP contribution in [0.1, 0.15) is 26.3 Å². The van der Waals surface area contributed by atoms with Gasteiger partial charge in [0.1, 0.15) is 23.1 Å². The largest absolute Gasteiger partial charge is 0.452 e. The van der Waals surface area contributed by atoms with Crippen LogP contribution in [0.5, 0.6) is 11.5 Å². The van der Waals surface area contributed by atoms with E-state index in [0.717, 1.165) is 6.07 Å². The second-order valence-electron chi connectivity index (χ2n) is 6.02. The van der Waals surface area contributed by atoms with Crippen molar-refractivity contribution in [1.82, 2.24) is 0 Å². The molecule has 1 heterocycles. The Bertz CT molecular complexity index is 1130. The number of allylic oxidation sites excluding steroid dienone is 1. The number of fused-ring (bicyclic) bond motifs is 1. The molecule has 0 fully saturated rings. The lowest BCUT2D eigenvalue weighted by Crippen LogP contribution is -2.10. The maximum atomic E-state index is 13.7. The van der Waals surface area contributed by atoms with Crippen molar-refractivity contribution in [3.63, 3.8) is 0 Å². The number of carbonyl (C=O) groups is 2. The first kappa shape index (κ1) is 17.6. The van der Waals surface area contributed by atoms with Gasteiger partial charge in [-0.2, -0.15) is 0 Å². The van der Waals surface area contributed by atoms with Crippen LogP contribution in [0, 0.1) is 11.6 Å². The summed E-state index contributed by atoms with van der Waals surface area (Å²) >= 11 is 0. The van der Waals surface area contributed by atoms with Crippen LogP contribution in [0.15, 0.2) is 72.5 Å². The third kappa shape index (κ3) is 3.40. The van der Waals surface area contributed by atoms with Gasteiger partial charge in [-0.1, -0.05) is 24.3 Å². The Morgan fingerprint density at radius 1 is 0.964 bits per heavy atom. The standard InChI is InChI=1S/C22H12F2O4/c23-14-5-3-4-13(10-14)11-20-21(25)17-9-8-15(12-19(17)28-20)27-22(26)16-6-1-2-7-18(16)24/h1-12H. The molecule has 0 amide bonds. The Kier molecular flexibility index (Phi) is 4.45. The van der Waals surface area contributed by atoms with Crippen molar-refractivity contribution in [2.75, 3.05) is 0 Å². The van der Waals surface area contributed by atoms with E-state index in [4.69, 9.17) is 9.47 Å². The lowest BCUT2D eigenvalue weighted by atomic mass is 10.1. The summed E-state index contributed by atoms with van der Waals surface area (Å²) in [4.78, 5) is 24.6. The van der Waals surface area contributed by atoms with E-state index >= 15 is 0 Å². The van der Waals surface area contributed by atoms with Gasteiger partial charge in [-0.3, -0.25) is 4.79 Å². The van der Waals surface area contributed by atoms with Crippen molar-refractivity contribution < 1.29 is 27.8 Å². The Morgan fingerprint density at radius 2 is 1.79 bits per heavy atom. The summed E-state index contributed by atoms with van der Waals surface area (Å²) in [6.45, 7) is 0. The molecule has 4 nitrogen and oxygen atoms in total. The maximum Gasteiger partial charge on any atom is 0.346 e. The van der Waals surface area contributed by atoms with Crippen LogP contribution in [0.4, 0.5) is 8.78 Å². The van der Waals surface area contributed by atoms with Gasteiger partial charge in [-0.05, 0) is 48.0 Å². The van der Waals surface area contributed by atoms with Gasteiger partial charge in [-0.15, -0.1) is 0 Å². The van der Waals surface area contributed by atoms with Crippen LogP contribution in [0.2, 0.25) is 0 Å². The van der Waals surface area contributed by atoms with Gasteiger partial charge in [-0.25, -0.2) is 13.6 Å². The SMILES string of the molecule is O=C(Oc1ccc2c(c1)OC(=Cc1cccc(F)c1)C2=O)c1ccccc1F. The molecule has 1 aliphatic heterocycles. The second kappa shape index (κ2) is 7.08. The van der Waals surface area contributed by atoms with Gasteiger partial charge in [0.2, 0.25) is 5.78 Å². The summed E-state index contributed by atoms with van der Waals surface area (Å²) in [7, 11) is 0. The molecule has 1 aliphatic rings. The molecular formula is C22H12F2O4. The van der Waals surface area contributed by atoms with E-state index < -0.39 is 17.6 Å². The number of hydrogen-bond acceptors (Lipinski definition) is 4.